The van der Waals surface area contributed by atoms with E-state index in [1.807, 2.05) is 0 Å². The van der Waals surface area contributed by atoms with Crippen LogP contribution in [0.5, 0.6) is 0 Å². The lowest BCUT2D eigenvalue weighted by Gasteiger charge is -2.70. The Kier molecular flexibility index (Phi) is 4.92. The lowest BCUT2D eigenvalue weighted by Crippen LogP contribution is -2.66. The Morgan fingerprint density at radius 3 is 2.12 bits per heavy atom. The molecule has 186 valence electrons. The molecule has 0 amide bonds. The van der Waals surface area contributed by atoms with Crippen LogP contribution < -0.4 is 0 Å². The van der Waals surface area contributed by atoms with E-state index < -0.39 is 0 Å². The fourth-order valence-corrected chi connectivity index (χ4v) is 10.4. The highest BCUT2D eigenvalue weighted by Gasteiger charge is 2.70. The van der Waals surface area contributed by atoms with Gasteiger partial charge in [-0.05, 0) is 84.4 Å². The van der Waals surface area contributed by atoms with Crippen molar-refractivity contribution in [3.63, 3.8) is 0 Å². The van der Waals surface area contributed by atoms with Crippen LogP contribution in [0.1, 0.15) is 113 Å². The minimum Gasteiger partial charge on any atom is -0.393 e. The molecule has 33 heavy (non-hydrogen) atoms. The van der Waals surface area contributed by atoms with Gasteiger partial charge in [-0.3, -0.25) is 4.79 Å². The van der Waals surface area contributed by atoms with Crippen LogP contribution in [0.3, 0.4) is 0 Å². The SMILES string of the molecule is CC1(C)CC2=C3CC(=O)[C@@H]4[C@@]5(C)CC[C@H](O)C(C)(C)[C@@H]5CC[C@@]4(C)[C@]3(C)CC[C@@]2(C)[C@H](O)C1. The maximum Gasteiger partial charge on any atom is 0.141 e. The van der Waals surface area contributed by atoms with Gasteiger partial charge in [0, 0.05) is 17.8 Å². The smallest absolute Gasteiger partial charge is 0.141 e. The van der Waals surface area contributed by atoms with Gasteiger partial charge in [0.1, 0.15) is 5.78 Å². The number of fused-ring (bicyclic) bond motifs is 6. The summed E-state index contributed by atoms with van der Waals surface area (Å²) >= 11 is 0. The Morgan fingerprint density at radius 1 is 0.788 bits per heavy atom. The average Bonchev–Trinajstić information content (AvgIpc) is 2.68. The second kappa shape index (κ2) is 6.75. The van der Waals surface area contributed by atoms with Crippen molar-refractivity contribution in [2.75, 3.05) is 0 Å². The third kappa shape index (κ3) is 2.85. The third-order valence-electron chi connectivity index (χ3n) is 12.7. The summed E-state index contributed by atoms with van der Waals surface area (Å²) in [4.78, 5) is 14.2. The van der Waals surface area contributed by atoms with Crippen molar-refractivity contribution in [3.8, 4) is 0 Å². The Hall–Kier alpha value is -0.670. The molecule has 5 aliphatic rings. The number of allylic oxidation sites excluding steroid dienone is 1. The Labute approximate surface area is 201 Å². The van der Waals surface area contributed by atoms with E-state index in [0.29, 0.717) is 18.1 Å². The van der Waals surface area contributed by atoms with Crippen molar-refractivity contribution < 1.29 is 15.0 Å². The Morgan fingerprint density at radius 2 is 1.45 bits per heavy atom. The molecular weight excluding hydrogens is 408 g/mol. The van der Waals surface area contributed by atoms with Gasteiger partial charge in [0.05, 0.1) is 12.2 Å². The van der Waals surface area contributed by atoms with Crippen LogP contribution in [0.25, 0.3) is 0 Å². The standard InChI is InChI=1S/C30H48O3/c1-25(2)16-19-18-15-20(31)24-28(6)11-10-22(32)26(3,4)21(28)9-12-30(24,8)29(18,7)14-13-27(19,5)23(33)17-25/h21-24,32-33H,9-17H2,1-8H3/t21-,22-,23+,24+,27+,28-,29+,30+/m0/s1. The van der Waals surface area contributed by atoms with Gasteiger partial charge in [0.2, 0.25) is 0 Å². The molecule has 0 aliphatic heterocycles. The zero-order chi connectivity index (χ0) is 24.4. The van der Waals surface area contributed by atoms with Gasteiger partial charge >= 0.3 is 0 Å². The molecule has 0 aromatic rings. The van der Waals surface area contributed by atoms with Crippen molar-refractivity contribution in [1.29, 1.82) is 0 Å². The first kappa shape index (κ1) is 24.0. The number of aliphatic hydroxyl groups is 2. The number of ketones is 1. The van der Waals surface area contributed by atoms with E-state index in [9.17, 15) is 15.0 Å². The minimum absolute atomic E-state index is 0.0156. The number of Topliss-reactive ketones (excluding diaryl/α,β-unsaturated/α-hetero) is 1. The van der Waals surface area contributed by atoms with Gasteiger partial charge in [-0.25, -0.2) is 0 Å². The monoisotopic (exact) mass is 456 g/mol. The Bertz CT molecular complexity index is 914. The van der Waals surface area contributed by atoms with Crippen LogP contribution in [0, 0.1) is 44.3 Å². The highest BCUT2D eigenvalue weighted by Crippen LogP contribution is 2.74. The normalized spacial score (nSPS) is 53.0. The zero-order valence-electron chi connectivity index (χ0n) is 22.5. The van der Waals surface area contributed by atoms with Crippen LogP contribution in [0.4, 0.5) is 0 Å². The summed E-state index contributed by atoms with van der Waals surface area (Å²) in [6, 6.07) is 0. The van der Waals surface area contributed by atoms with Crippen LogP contribution in [-0.2, 0) is 4.79 Å². The number of carbonyl (C=O) groups is 1. The molecule has 0 spiro atoms. The summed E-state index contributed by atoms with van der Waals surface area (Å²) < 4.78 is 0. The molecule has 4 fully saturated rings. The largest absolute Gasteiger partial charge is 0.393 e. The van der Waals surface area contributed by atoms with Gasteiger partial charge in [-0.15, -0.1) is 0 Å². The number of aliphatic hydroxyl groups excluding tert-OH is 2. The zero-order valence-corrected chi connectivity index (χ0v) is 22.5. The van der Waals surface area contributed by atoms with Gasteiger partial charge in [0.15, 0.2) is 0 Å². The topological polar surface area (TPSA) is 57.5 Å². The summed E-state index contributed by atoms with van der Waals surface area (Å²) in [5.74, 6) is 0.896. The molecule has 0 aromatic carbocycles. The molecule has 0 saturated heterocycles. The van der Waals surface area contributed by atoms with Gasteiger partial charge in [-0.1, -0.05) is 66.5 Å². The lowest BCUT2D eigenvalue weighted by molar-refractivity contribution is -0.204. The highest BCUT2D eigenvalue weighted by atomic mass is 16.3. The maximum absolute atomic E-state index is 14.2. The Balaban J connectivity index is 1.65. The predicted molar refractivity (Wildman–Crippen MR) is 133 cm³/mol. The van der Waals surface area contributed by atoms with Crippen LogP contribution in [0.15, 0.2) is 11.1 Å². The van der Waals surface area contributed by atoms with Crippen molar-refractivity contribution in [3.05, 3.63) is 11.1 Å². The van der Waals surface area contributed by atoms with E-state index in [-0.39, 0.29) is 50.6 Å². The van der Waals surface area contributed by atoms with Gasteiger partial charge < -0.3 is 10.2 Å². The molecular formula is C30H48O3. The van der Waals surface area contributed by atoms with Crippen molar-refractivity contribution in [2.45, 2.75) is 125 Å². The summed E-state index contributed by atoms with van der Waals surface area (Å²) in [5.41, 5.74) is 2.52. The molecule has 5 aliphatic carbocycles. The van der Waals surface area contributed by atoms with Crippen LogP contribution in [0.2, 0.25) is 0 Å². The molecule has 5 rings (SSSR count). The molecule has 0 radical (unpaired) electrons. The van der Waals surface area contributed by atoms with E-state index in [1.54, 1.807) is 0 Å². The van der Waals surface area contributed by atoms with E-state index in [0.717, 1.165) is 51.4 Å². The first-order valence-electron chi connectivity index (χ1n) is 13.6. The molecule has 0 unspecified atom stereocenters. The second-order valence-electron chi connectivity index (χ2n) is 15.2. The summed E-state index contributed by atoms with van der Waals surface area (Å²) in [6.07, 6.45) is 7.89. The molecule has 0 aromatic heterocycles. The molecule has 8 atom stereocenters. The van der Waals surface area contributed by atoms with Crippen molar-refractivity contribution in [1.82, 2.24) is 0 Å². The molecule has 4 saturated carbocycles. The number of hydrogen-bond acceptors (Lipinski definition) is 3. The van der Waals surface area contributed by atoms with Crippen LogP contribution in [-0.4, -0.2) is 28.2 Å². The van der Waals surface area contributed by atoms with E-state index in [1.165, 1.54) is 11.1 Å². The fourth-order valence-electron chi connectivity index (χ4n) is 10.4. The fraction of sp³-hybridized carbons (Fsp3) is 0.900. The van der Waals surface area contributed by atoms with Crippen molar-refractivity contribution in [2.24, 2.45) is 44.3 Å². The molecule has 3 heteroatoms. The van der Waals surface area contributed by atoms with E-state index in [4.69, 9.17) is 0 Å². The first-order chi connectivity index (χ1) is 15.0. The molecule has 0 heterocycles. The molecule has 3 nitrogen and oxygen atoms in total. The van der Waals surface area contributed by atoms with Crippen molar-refractivity contribution >= 4 is 5.78 Å². The summed E-state index contributed by atoms with van der Waals surface area (Å²) in [7, 11) is 0. The highest BCUT2D eigenvalue weighted by molar-refractivity contribution is 5.87. The molecule has 2 N–H and O–H groups in total. The average molecular weight is 457 g/mol. The predicted octanol–water partition coefficient (Wildman–Crippen LogP) is 6.46. The van der Waals surface area contributed by atoms with Crippen LogP contribution >= 0.6 is 0 Å². The summed E-state index contributed by atoms with van der Waals surface area (Å²) in [5, 5.41) is 22.1. The lowest BCUT2D eigenvalue weighted by atomic mass is 9.33. The minimum atomic E-state index is -0.317. The number of rotatable bonds is 0. The maximum atomic E-state index is 14.2. The van der Waals surface area contributed by atoms with E-state index in [2.05, 4.69) is 55.4 Å². The second-order valence-corrected chi connectivity index (χ2v) is 15.2. The van der Waals surface area contributed by atoms with Gasteiger partial charge in [0.25, 0.3) is 0 Å². The third-order valence-corrected chi connectivity index (χ3v) is 12.7. The van der Waals surface area contributed by atoms with Gasteiger partial charge in [-0.2, -0.15) is 0 Å². The molecule has 0 bridgehead atoms. The van der Waals surface area contributed by atoms with E-state index >= 15 is 0 Å². The number of carbonyl (C=O) groups excluding carboxylic acids is 1. The first-order valence-corrected chi connectivity index (χ1v) is 13.6. The number of hydrogen-bond donors (Lipinski definition) is 2. The summed E-state index contributed by atoms with van der Waals surface area (Å²) in [6.45, 7) is 18.6. The quantitative estimate of drug-likeness (QED) is 0.411.